The van der Waals surface area contributed by atoms with Crippen molar-refractivity contribution in [1.82, 2.24) is 9.97 Å². The van der Waals surface area contributed by atoms with E-state index in [1.807, 2.05) is 61.7 Å². The number of anilines is 1. The maximum absolute atomic E-state index is 12.6. The Bertz CT molecular complexity index is 1560. The van der Waals surface area contributed by atoms with Gasteiger partial charge in [-0.1, -0.05) is 66.8 Å². The van der Waals surface area contributed by atoms with Crippen molar-refractivity contribution < 1.29 is 9.53 Å². The van der Waals surface area contributed by atoms with Crippen molar-refractivity contribution in [3.63, 3.8) is 0 Å². The first kappa shape index (κ1) is 26.0. The van der Waals surface area contributed by atoms with E-state index in [1.54, 1.807) is 12.1 Å². The summed E-state index contributed by atoms with van der Waals surface area (Å²) in [4.78, 5) is 27.2. The van der Waals surface area contributed by atoms with Gasteiger partial charge in [-0.15, -0.1) is 0 Å². The number of nitrogens with zero attached hydrogens (tertiary/aromatic N) is 3. The molecule has 1 aliphatic rings. The van der Waals surface area contributed by atoms with Crippen LogP contribution >= 0.6 is 0 Å². The van der Waals surface area contributed by atoms with Gasteiger partial charge in [-0.25, -0.2) is 19.8 Å². The third-order valence-corrected chi connectivity index (χ3v) is 6.40. The summed E-state index contributed by atoms with van der Waals surface area (Å²) >= 11 is 0. The fourth-order valence-electron chi connectivity index (χ4n) is 4.47. The number of rotatable bonds is 8. The Morgan fingerprint density at radius 3 is 2.33 bits per heavy atom. The molecule has 0 amide bonds. The van der Waals surface area contributed by atoms with Crippen LogP contribution in [0.4, 0.5) is 11.6 Å². The van der Waals surface area contributed by atoms with Gasteiger partial charge in [-0.2, -0.15) is 0 Å². The minimum Gasteiger partial charge on any atom is -0.453 e. The van der Waals surface area contributed by atoms with Gasteiger partial charge >= 0.3 is 5.97 Å². The van der Waals surface area contributed by atoms with Crippen molar-refractivity contribution in [1.29, 1.82) is 0 Å². The molecule has 0 aliphatic heterocycles. The highest BCUT2D eigenvalue weighted by atomic mass is 16.5. The number of carbonyl (C=O) groups is 1. The van der Waals surface area contributed by atoms with Gasteiger partial charge in [0.1, 0.15) is 11.9 Å². The molecule has 4 aromatic rings. The van der Waals surface area contributed by atoms with E-state index in [0.29, 0.717) is 22.9 Å². The molecule has 0 saturated carbocycles. The number of allylic oxidation sites excluding steroid dienone is 4. The number of aliphatic imine (C=N–C) groups is 1. The molecule has 2 heterocycles. The molecule has 6 heteroatoms. The number of fused-ring (bicyclic) bond motifs is 1. The summed E-state index contributed by atoms with van der Waals surface area (Å²) in [5, 5.41) is 5.25. The Labute approximate surface area is 229 Å². The Morgan fingerprint density at radius 2 is 1.67 bits per heavy atom. The molecule has 196 valence electrons. The molecule has 0 spiro atoms. The molecule has 0 radical (unpaired) electrons. The second-order valence-electron chi connectivity index (χ2n) is 9.84. The summed E-state index contributed by atoms with van der Waals surface area (Å²) in [6, 6.07) is 23.2. The van der Waals surface area contributed by atoms with Gasteiger partial charge in [-0.05, 0) is 63.5 Å². The highest BCUT2D eigenvalue weighted by molar-refractivity contribution is 6.15. The van der Waals surface area contributed by atoms with Gasteiger partial charge in [0.15, 0.2) is 5.82 Å². The maximum Gasteiger partial charge on any atom is 0.338 e. The molecule has 1 N–H and O–H groups in total. The minimum absolute atomic E-state index is 0.149. The number of pyridine rings is 2. The smallest absolute Gasteiger partial charge is 0.338 e. The zero-order valence-electron chi connectivity index (χ0n) is 22.5. The fourth-order valence-corrected chi connectivity index (χ4v) is 4.47. The van der Waals surface area contributed by atoms with E-state index in [2.05, 4.69) is 49.5 Å². The lowest BCUT2D eigenvalue weighted by Crippen LogP contribution is -2.14. The highest BCUT2D eigenvalue weighted by Crippen LogP contribution is 2.30. The van der Waals surface area contributed by atoms with E-state index < -0.39 is 6.10 Å². The van der Waals surface area contributed by atoms with Crippen LogP contribution in [0.1, 0.15) is 61.3 Å². The first-order valence-electron chi connectivity index (χ1n) is 13.3. The summed E-state index contributed by atoms with van der Waals surface area (Å²) in [5.41, 5.74) is 4.18. The second-order valence-corrected chi connectivity index (χ2v) is 9.84. The predicted molar refractivity (Wildman–Crippen MR) is 158 cm³/mol. The monoisotopic (exact) mass is 516 g/mol. The Kier molecular flexibility index (Phi) is 7.92. The van der Waals surface area contributed by atoms with Crippen molar-refractivity contribution in [3.05, 3.63) is 120 Å². The zero-order chi connectivity index (χ0) is 27.2. The molecule has 1 aliphatic carbocycles. The molecule has 39 heavy (non-hydrogen) atoms. The molecule has 1 unspecified atom stereocenters. The maximum atomic E-state index is 12.6. The predicted octanol–water partition coefficient (Wildman–Crippen LogP) is 7.77. The van der Waals surface area contributed by atoms with Gasteiger partial charge in [0.25, 0.3) is 0 Å². The Hall–Kier alpha value is -4.58. The van der Waals surface area contributed by atoms with Gasteiger partial charge in [0.05, 0.1) is 17.0 Å². The summed E-state index contributed by atoms with van der Waals surface area (Å²) in [6.07, 6.45) is 9.84. The SMILES string of the molecule is CC(C)Nc1nc(C(C)OC(=O)c2ccccc2)cc2cnc(/N=C(/C3=CCCC=C3)c3ccccc3)cc12. The fraction of sp³-hybridized carbons (Fsp3) is 0.212. The topological polar surface area (TPSA) is 76.5 Å². The molecular weight excluding hydrogens is 484 g/mol. The summed E-state index contributed by atoms with van der Waals surface area (Å²) in [6.45, 7) is 5.96. The average Bonchev–Trinajstić information content (AvgIpc) is 2.97. The van der Waals surface area contributed by atoms with Gasteiger partial charge < -0.3 is 10.1 Å². The van der Waals surface area contributed by atoms with Crippen LogP contribution in [0.15, 0.2) is 108 Å². The highest BCUT2D eigenvalue weighted by Gasteiger charge is 2.18. The molecule has 0 fully saturated rings. The molecule has 0 bridgehead atoms. The molecule has 5 rings (SSSR count). The van der Waals surface area contributed by atoms with Crippen LogP contribution in [-0.2, 0) is 4.74 Å². The average molecular weight is 517 g/mol. The molecule has 6 nitrogen and oxygen atoms in total. The lowest BCUT2D eigenvalue weighted by molar-refractivity contribution is 0.0330. The van der Waals surface area contributed by atoms with Crippen molar-refractivity contribution in [2.75, 3.05) is 5.32 Å². The van der Waals surface area contributed by atoms with Crippen molar-refractivity contribution in [2.45, 2.75) is 45.8 Å². The number of nitrogens with one attached hydrogen (secondary N) is 1. The third kappa shape index (κ3) is 6.29. The van der Waals surface area contributed by atoms with Crippen LogP contribution in [0.25, 0.3) is 10.8 Å². The molecule has 2 aromatic heterocycles. The lowest BCUT2D eigenvalue weighted by atomic mass is 9.97. The van der Waals surface area contributed by atoms with E-state index in [0.717, 1.165) is 40.5 Å². The molecule has 2 aromatic carbocycles. The number of carbonyl (C=O) groups excluding carboxylic acids is 1. The Morgan fingerprint density at radius 1 is 0.949 bits per heavy atom. The second kappa shape index (κ2) is 11.9. The number of esters is 1. The number of aromatic nitrogens is 2. The standard InChI is InChI=1S/C33H32N4O2/c1-22(2)35-32-28-20-30(37-31(24-13-7-4-8-14-24)25-15-9-5-10-16-25)34-21-27(28)19-29(36-32)23(3)39-33(38)26-17-11-6-12-18-26/h4,6-9,11-23H,5,10H2,1-3H3,(H,35,36)/b37-31+. The van der Waals surface area contributed by atoms with Crippen LogP contribution < -0.4 is 5.32 Å². The molecule has 1 atom stereocenters. The lowest BCUT2D eigenvalue weighted by Gasteiger charge is -2.18. The van der Waals surface area contributed by atoms with Crippen molar-refractivity contribution >= 4 is 34.1 Å². The summed E-state index contributed by atoms with van der Waals surface area (Å²) in [7, 11) is 0. The van der Waals surface area contributed by atoms with Crippen LogP contribution in [0, 0.1) is 0 Å². The number of hydrogen-bond acceptors (Lipinski definition) is 6. The molecule has 0 saturated heterocycles. The Balaban J connectivity index is 1.53. The van der Waals surface area contributed by atoms with Crippen molar-refractivity contribution in [3.8, 4) is 0 Å². The van der Waals surface area contributed by atoms with E-state index in [-0.39, 0.29) is 12.0 Å². The summed E-state index contributed by atoms with van der Waals surface area (Å²) < 4.78 is 5.74. The normalized spacial score (nSPS) is 14.3. The van der Waals surface area contributed by atoms with Crippen LogP contribution in [-0.4, -0.2) is 27.7 Å². The van der Waals surface area contributed by atoms with Gasteiger partial charge in [0.2, 0.25) is 0 Å². The van der Waals surface area contributed by atoms with Crippen LogP contribution in [0.2, 0.25) is 0 Å². The van der Waals surface area contributed by atoms with E-state index in [4.69, 9.17) is 19.7 Å². The van der Waals surface area contributed by atoms with Crippen LogP contribution in [0.3, 0.4) is 0 Å². The first-order chi connectivity index (χ1) is 19.0. The summed E-state index contributed by atoms with van der Waals surface area (Å²) in [5.74, 6) is 0.925. The van der Waals surface area contributed by atoms with Gasteiger partial charge in [-0.3, -0.25) is 0 Å². The van der Waals surface area contributed by atoms with Crippen molar-refractivity contribution in [2.24, 2.45) is 4.99 Å². The number of ether oxygens (including phenoxy) is 1. The largest absolute Gasteiger partial charge is 0.453 e. The number of hydrogen-bond donors (Lipinski definition) is 1. The van der Waals surface area contributed by atoms with E-state index in [9.17, 15) is 4.79 Å². The molecular formula is C33H32N4O2. The van der Waals surface area contributed by atoms with Crippen LogP contribution in [0.5, 0.6) is 0 Å². The first-order valence-corrected chi connectivity index (χ1v) is 13.3. The third-order valence-electron chi connectivity index (χ3n) is 6.40. The number of benzene rings is 2. The van der Waals surface area contributed by atoms with E-state index in [1.165, 1.54) is 0 Å². The quantitative estimate of drug-likeness (QED) is 0.191. The minimum atomic E-state index is -0.540. The zero-order valence-corrected chi connectivity index (χ0v) is 22.5. The van der Waals surface area contributed by atoms with Gasteiger partial charge in [0, 0.05) is 28.6 Å². The van der Waals surface area contributed by atoms with E-state index >= 15 is 0 Å².